The van der Waals surface area contributed by atoms with Crippen LogP contribution in [-0.2, 0) is 11.8 Å². The average Bonchev–Trinajstić information content (AvgIpc) is 2.89. The maximum absolute atomic E-state index is 5.98. The Bertz CT molecular complexity index is 541. The smallest absolute Gasteiger partial charge is 0.127 e. The number of hydrogen-bond donors (Lipinski definition) is 0. The first-order chi connectivity index (χ1) is 9.52. The van der Waals surface area contributed by atoms with Crippen molar-refractivity contribution in [1.29, 1.82) is 0 Å². The molecule has 1 aliphatic carbocycles. The van der Waals surface area contributed by atoms with Crippen molar-refractivity contribution < 1.29 is 4.74 Å². The predicted molar refractivity (Wildman–Crippen MR) is 86.4 cm³/mol. The molecule has 0 atom stereocenters. The van der Waals surface area contributed by atoms with Gasteiger partial charge in [-0.15, -0.1) is 0 Å². The van der Waals surface area contributed by atoms with Crippen molar-refractivity contribution in [3.05, 3.63) is 65.8 Å². The summed E-state index contributed by atoms with van der Waals surface area (Å²) >= 11 is 0. The van der Waals surface area contributed by atoms with Crippen LogP contribution in [0.1, 0.15) is 38.3 Å². The van der Waals surface area contributed by atoms with Gasteiger partial charge in [0.05, 0.1) is 0 Å². The van der Waals surface area contributed by atoms with Crippen LogP contribution in [0, 0.1) is 0 Å². The summed E-state index contributed by atoms with van der Waals surface area (Å²) in [6.07, 6.45) is 10.5. The largest absolute Gasteiger partial charge is 0.489 e. The normalized spacial score (nSPS) is 14.2. The van der Waals surface area contributed by atoms with Crippen LogP contribution in [0.3, 0.4) is 0 Å². The maximum Gasteiger partial charge on any atom is 0.127 e. The van der Waals surface area contributed by atoms with Gasteiger partial charge in [0.1, 0.15) is 12.4 Å². The van der Waals surface area contributed by atoms with Crippen molar-refractivity contribution in [2.45, 2.75) is 39.0 Å². The van der Waals surface area contributed by atoms with E-state index >= 15 is 0 Å². The lowest BCUT2D eigenvalue weighted by Crippen LogP contribution is -2.15. The van der Waals surface area contributed by atoms with Crippen molar-refractivity contribution in [3.8, 4) is 5.75 Å². The summed E-state index contributed by atoms with van der Waals surface area (Å²) in [5.74, 6) is 1.03. The summed E-state index contributed by atoms with van der Waals surface area (Å²) in [7, 11) is 0. The molecule has 0 heterocycles. The first-order valence-corrected chi connectivity index (χ1v) is 7.24. The molecule has 0 aromatic heterocycles. The molecule has 1 aliphatic rings. The van der Waals surface area contributed by atoms with Crippen LogP contribution in [0.2, 0.25) is 0 Å². The van der Waals surface area contributed by atoms with Crippen molar-refractivity contribution in [2.24, 2.45) is 0 Å². The minimum Gasteiger partial charge on any atom is -0.489 e. The highest BCUT2D eigenvalue weighted by Crippen LogP contribution is 2.35. The Morgan fingerprint density at radius 1 is 1.30 bits per heavy atom. The minimum atomic E-state index is 0.0758. The maximum atomic E-state index is 5.98. The lowest BCUT2D eigenvalue weighted by Gasteiger charge is -2.24. The molecule has 0 radical (unpaired) electrons. The van der Waals surface area contributed by atoms with Gasteiger partial charge in [0, 0.05) is 6.42 Å². The number of para-hydroxylation sites is 1. The number of hydrogen-bond acceptors (Lipinski definition) is 1. The van der Waals surface area contributed by atoms with Crippen LogP contribution >= 0.6 is 0 Å². The predicted octanol–water partition coefficient (Wildman–Crippen LogP) is 4.98. The molecule has 1 aromatic carbocycles. The first kappa shape index (κ1) is 14.6. The molecule has 0 spiro atoms. The molecule has 0 N–H and O–H groups in total. The molecule has 0 unspecified atom stereocenters. The lowest BCUT2D eigenvalue weighted by atomic mass is 9.84. The number of benzene rings is 1. The van der Waals surface area contributed by atoms with Gasteiger partial charge in [-0.05, 0) is 28.5 Å². The molecular weight excluding hydrogens is 244 g/mol. The summed E-state index contributed by atoms with van der Waals surface area (Å²) < 4.78 is 5.98. The fourth-order valence-corrected chi connectivity index (χ4v) is 2.49. The van der Waals surface area contributed by atoms with Crippen LogP contribution in [0.25, 0.3) is 0 Å². The average molecular weight is 268 g/mol. The Labute approximate surface area is 122 Å². The van der Waals surface area contributed by atoms with E-state index in [4.69, 9.17) is 4.74 Å². The van der Waals surface area contributed by atoms with Gasteiger partial charge in [-0.3, -0.25) is 0 Å². The second-order valence-corrected chi connectivity index (χ2v) is 6.24. The van der Waals surface area contributed by atoms with Gasteiger partial charge < -0.3 is 4.74 Å². The van der Waals surface area contributed by atoms with E-state index in [0.717, 1.165) is 18.6 Å². The summed E-state index contributed by atoms with van der Waals surface area (Å²) in [6, 6.07) is 6.47. The van der Waals surface area contributed by atoms with E-state index < -0.39 is 0 Å². The molecule has 1 aromatic rings. The van der Waals surface area contributed by atoms with Gasteiger partial charge in [0.2, 0.25) is 0 Å². The quantitative estimate of drug-likeness (QED) is 0.684. The fourth-order valence-electron chi connectivity index (χ4n) is 2.49. The van der Waals surface area contributed by atoms with Crippen LogP contribution in [0.4, 0.5) is 0 Å². The molecule has 0 fully saturated rings. The van der Waals surface area contributed by atoms with Crippen molar-refractivity contribution in [2.75, 3.05) is 6.61 Å². The van der Waals surface area contributed by atoms with Crippen molar-refractivity contribution in [1.82, 2.24) is 0 Å². The van der Waals surface area contributed by atoms with E-state index in [1.165, 1.54) is 16.7 Å². The topological polar surface area (TPSA) is 9.23 Å². The molecule has 2 rings (SSSR count). The summed E-state index contributed by atoms with van der Waals surface area (Å²) in [5.41, 5.74) is 3.97. The third-order valence-electron chi connectivity index (χ3n) is 3.49. The Kier molecular flexibility index (Phi) is 4.49. The molecule has 0 bridgehead atoms. The standard InChI is InChI=1S/C19H24O/c1-5-13-20-18-16(14-15-9-6-7-10-15)11-8-12-17(18)19(2,3)4/h5-6,8-12H,1,7,13-14H2,2-4H3. The Morgan fingerprint density at radius 2 is 2.10 bits per heavy atom. The Morgan fingerprint density at radius 3 is 2.70 bits per heavy atom. The summed E-state index contributed by atoms with van der Waals surface area (Å²) in [6.45, 7) is 11.0. The third kappa shape index (κ3) is 3.41. The van der Waals surface area contributed by atoms with Gasteiger partial charge in [-0.2, -0.15) is 0 Å². The van der Waals surface area contributed by atoms with Crippen LogP contribution in [-0.4, -0.2) is 6.61 Å². The Hall–Kier alpha value is -1.76. The SMILES string of the molecule is C=CCOc1c(CC2=CCC=C2)cccc1C(C)(C)C. The third-order valence-corrected chi connectivity index (χ3v) is 3.49. The molecule has 1 nitrogen and oxygen atoms in total. The number of rotatable bonds is 5. The molecule has 106 valence electrons. The van der Waals surface area contributed by atoms with Gasteiger partial charge >= 0.3 is 0 Å². The highest BCUT2D eigenvalue weighted by molar-refractivity contribution is 5.48. The van der Waals surface area contributed by atoms with E-state index in [9.17, 15) is 0 Å². The zero-order valence-corrected chi connectivity index (χ0v) is 12.8. The van der Waals surface area contributed by atoms with Crippen LogP contribution in [0.5, 0.6) is 5.75 Å². The highest BCUT2D eigenvalue weighted by Gasteiger charge is 2.21. The molecular formula is C19H24O. The minimum absolute atomic E-state index is 0.0758. The van der Waals surface area contributed by atoms with Gasteiger partial charge in [0.15, 0.2) is 0 Å². The van der Waals surface area contributed by atoms with E-state index in [1.54, 1.807) is 6.08 Å². The molecule has 0 saturated carbocycles. The lowest BCUT2D eigenvalue weighted by molar-refractivity contribution is 0.347. The number of ether oxygens (including phenoxy) is 1. The van der Waals surface area contributed by atoms with Crippen LogP contribution in [0.15, 0.2) is 54.7 Å². The van der Waals surface area contributed by atoms with E-state index in [-0.39, 0.29) is 5.41 Å². The zero-order valence-electron chi connectivity index (χ0n) is 12.8. The van der Waals surface area contributed by atoms with E-state index in [1.807, 2.05) is 0 Å². The molecule has 0 aliphatic heterocycles. The second-order valence-electron chi connectivity index (χ2n) is 6.24. The molecule has 20 heavy (non-hydrogen) atoms. The highest BCUT2D eigenvalue weighted by atomic mass is 16.5. The number of allylic oxidation sites excluding steroid dienone is 4. The zero-order chi connectivity index (χ0) is 14.6. The molecule has 1 heteroatoms. The molecule has 0 saturated heterocycles. The van der Waals surface area contributed by atoms with Crippen molar-refractivity contribution in [3.63, 3.8) is 0 Å². The summed E-state index contributed by atoms with van der Waals surface area (Å²) in [4.78, 5) is 0. The van der Waals surface area contributed by atoms with Gasteiger partial charge in [0.25, 0.3) is 0 Å². The first-order valence-electron chi connectivity index (χ1n) is 7.24. The summed E-state index contributed by atoms with van der Waals surface area (Å²) in [5, 5.41) is 0. The fraction of sp³-hybridized carbons (Fsp3) is 0.368. The van der Waals surface area contributed by atoms with Gasteiger partial charge in [-0.1, -0.05) is 69.9 Å². The Balaban J connectivity index is 2.38. The van der Waals surface area contributed by atoms with E-state index in [2.05, 4.69) is 63.8 Å². The van der Waals surface area contributed by atoms with E-state index in [0.29, 0.717) is 6.61 Å². The molecule has 0 amide bonds. The monoisotopic (exact) mass is 268 g/mol. The second kappa shape index (κ2) is 6.13. The van der Waals surface area contributed by atoms with Crippen molar-refractivity contribution >= 4 is 0 Å². The van der Waals surface area contributed by atoms with Crippen LogP contribution < -0.4 is 4.74 Å². The van der Waals surface area contributed by atoms with Gasteiger partial charge in [-0.25, -0.2) is 0 Å².